The lowest BCUT2D eigenvalue weighted by molar-refractivity contribution is -0.118. The standard InChI is InChI=1S/C8H17BO4S/c1-7(2,12-6-9)8(3,4)13-14(5,10)11/h6H2,1-5H3. The Labute approximate surface area is 87.5 Å². The van der Waals surface area contributed by atoms with Gasteiger partial charge in [0.2, 0.25) is 0 Å². The SMILES string of the molecule is [B]COC(C)(C)C(C)(C)OS(C)(=O)=O. The van der Waals surface area contributed by atoms with E-state index in [-0.39, 0.29) is 6.51 Å². The van der Waals surface area contributed by atoms with E-state index in [4.69, 9.17) is 16.8 Å². The molecule has 0 atom stereocenters. The van der Waals surface area contributed by atoms with Crippen LogP contribution in [0.5, 0.6) is 0 Å². The lowest BCUT2D eigenvalue weighted by Crippen LogP contribution is -2.50. The van der Waals surface area contributed by atoms with Crippen LogP contribution < -0.4 is 0 Å². The molecule has 0 unspecified atom stereocenters. The van der Waals surface area contributed by atoms with Gasteiger partial charge in [-0.3, -0.25) is 4.18 Å². The Hall–Kier alpha value is -0.0651. The number of rotatable bonds is 5. The van der Waals surface area contributed by atoms with Crippen molar-refractivity contribution in [3.63, 3.8) is 0 Å². The lowest BCUT2D eigenvalue weighted by atomic mass is 9.89. The third kappa shape index (κ3) is 3.98. The minimum Gasteiger partial charge on any atom is -0.382 e. The highest BCUT2D eigenvalue weighted by molar-refractivity contribution is 7.86. The van der Waals surface area contributed by atoms with E-state index < -0.39 is 21.3 Å². The number of ether oxygens (including phenoxy) is 1. The highest BCUT2D eigenvalue weighted by Crippen LogP contribution is 2.29. The number of hydrogen-bond donors (Lipinski definition) is 0. The quantitative estimate of drug-likeness (QED) is 0.504. The fourth-order valence-corrected chi connectivity index (χ4v) is 1.82. The van der Waals surface area contributed by atoms with E-state index in [0.717, 1.165) is 6.26 Å². The summed E-state index contributed by atoms with van der Waals surface area (Å²) in [6.45, 7) is 6.76. The Kier molecular flexibility index (Phi) is 4.18. The summed E-state index contributed by atoms with van der Waals surface area (Å²) in [5.74, 6) is 0. The van der Waals surface area contributed by atoms with Gasteiger partial charge in [-0.05, 0) is 27.7 Å². The second kappa shape index (κ2) is 4.20. The van der Waals surface area contributed by atoms with Crippen LogP contribution in [0.4, 0.5) is 0 Å². The van der Waals surface area contributed by atoms with E-state index in [2.05, 4.69) is 0 Å². The fraction of sp³-hybridized carbons (Fsp3) is 1.00. The maximum atomic E-state index is 11.0. The number of hydrogen-bond acceptors (Lipinski definition) is 4. The summed E-state index contributed by atoms with van der Waals surface area (Å²) in [7, 11) is 1.74. The molecule has 82 valence electrons. The first-order chi connectivity index (χ1) is 6.02. The summed E-state index contributed by atoms with van der Waals surface area (Å²) in [5, 5.41) is 0. The monoisotopic (exact) mass is 220 g/mol. The van der Waals surface area contributed by atoms with Gasteiger partial charge < -0.3 is 4.74 Å². The Morgan fingerprint density at radius 1 is 1.14 bits per heavy atom. The molecule has 14 heavy (non-hydrogen) atoms. The molecule has 0 aliphatic rings. The summed E-state index contributed by atoms with van der Waals surface area (Å²) in [6, 6.07) is 0. The molecule has 0 N–H and O–H groups in total. The molecule has 0 aromatic carbocycles. The Bertz CT molecular complexity index is 282. The molecule has 2 radical (unpaired) electrons. The van der Waals surface area contributed by atoms with Gasteiger partial charge in [0.05, 0.1) is 11.9 Å². The Morgan fingerprint density at radius 3 is 1.86 bits per heavy atom. The van der Waals surface area contributed by atoms with Gasteiger partial charge in [0.1, 0.15) is 13.4 Å². The van der Waals surface area contributed by atoms with Gasteiger partial charge in [-0.2, -0.15) is 8.42 Å². The topological polar surface area (TPSA) is 52.6 Å². The van der Waals surface area contributed by atoms with Crippen LogP contribution in [0.1, 0.15) is 27.7 Å². The normalized spacial score (nSPS) is 14.4. The molecule has 0 saturated carbocycles. The predicted octanol–water partition coefficient (Wildman–Crippen LogP) is 0.662. The maximum absolute atomic E-state index is 11.0. The molecule has 4 nitrogen and oxygen atoms in total. The molecule has 0 spiro atoms. The van der Waals surface area contributed by atoms with E-state index >= 15 is 0 Å². The van der Waals surface area contributed by atoms with Crippen LogP contribution >= 0.6 is 0 Å². The largest absolute Gasteiger partial charge is 0.382 e. The molecule has 0 saturated heterocycles. The summed E-state index contributed by atoms with van der Waals surface area (Å²) in [5.41, 5.74) is -1.73. The zero-order valence-corrected chi connectivity index (χ0v) is 10.1. The maximum Gasteiger partial charge on any atom is 0.265 e. The molecule has 0 aliphatic heterocycles. The van der Waals surface area contributed by atoms with Crippen molar-refractivity contribution in [2.75, 3.05) is 12.8 Å². The van der Waals surface area contributed by atoms with Crippen molar-refractivity contribution in [2.45, 2.75) is 38.9 Å². The Balaban J connectivity index is 4.77. The molecule has 6 heteroatoms. The molecular formula is C8H17BO4S. The van der Waals surface area contributed by atoms with Gasteiger partial charge in [0.25, 0.3) is 10.1 Å². The highest BCUT2D eigenvalue weighted by Gasteiger charge is 2.41. The molecule has 0 fully saturated rings. The van der Waals surface area contributed by atoms with Gasteiger partial charge >= 0.3 is 0 Å². The van der Waals surface area contributed by atoms with E-state index in [0.29, 0.717) is 0 Å². The fourth-order valence-electron chi connectivity index (χ4n) is 0.861. The van der Waals surface area contributed by atoms with Gasteiger partial charge in [-0.1, -0.05) is 0 Å². The molecule has 0 amide bonds. The molecule has 0 aromatic heterocycles. The summed E-state index contributed by atoms with van der Waals surface area (Å²) >= 11 is 0. The average molecular weight is 220 g/mol. The zero-order valence-electron chi connectivity index (χ0n) is 9.33. The van der Waals surface area contributed by atoms with E-state index in [1.165, 1.54) is 0 Å². The summed E-state index contributed by atoms with van der Waals surface area (Å²) < 4.78 is 32.1. The molecule has 0 bridgehead atoms. The molecule has 0 heterocycles. The van der Waals surface area contributed by atoms with Gasteiger partial charge in [-0.25, -0.2) is 0 Å². The van der Waals surface area contributed by atoms with Crippen LogP contribution in [-0.4, -0.2) is 40.2 Å². The van der Waals surface area contributed by atoms with Crippen LogP contribution in [0.3, 0.4) is 0 Å². The van der Waals surface area contributed by atoms with Crippen molar-refractivity contribution in [3.05, 3.63) is 0 Å². The first kappa shape index (κ1) is 13.9. The van der Waals surface area contributed by atoms with Crippen molar-refractivity contribution in [1.82, 2.24) is 0 Å². The Morgan fingerprint density at radius 2 is 1.57 bits per heavy atom. The van der Waals surface area contributed by atoms with E-state index in [1.807, 2.05) is 0 Å². The first-order valence-electron chi connectivity index (χ1n) is 4.26. The molecular weight excluding hydrogens is 203 g/mol. The van der Waals surface area contributed by atoms with Gasteiger partial charge in [0, 0.05) is 6.51 Å². The van der Waals surface area contributed by atoms with Crippen LogP contribution in [-0.2, 0) is 19.0 Å². The van der Waals surface area contributed by atoms with Crippen molar-refractivity contribution in [2.24, 2.45) is 0 Å². The second-order valence-corrected chi connectivity index (χ2v) is 5.69. The molecule has 0 aromatic rings. The third-order valence-corrected chi connectivity index (χ3v) is 2.97. The smallest absolute Gasteiger partial charge is 0.265 e. The van der Waals surface area contributed by atoms with Gasteiger partial charge in [-0.15, -0.1) is 0 Å². The van der Waals surface area contributed by atoms with Crippen molar-refractivity contribution < 1.29 is 17.3 Å². The average Bonchev–Trinajstić information content (AvgIpc) is 1.79. The summed E-state index contributed by atoms with van der Waals surface area (Å²) in [6.07, 6.45) is 1.01. The van der Waals surface area contributed by atoms with Crippen molar-refractivity contribution in [3.8, 4) is 0 Å². The first-order valence-corrected chi connectivity index (χ1v) is 6.08. The second-order valence-electron chi connectivity index (χ2n) is 4.12. The van der Waals surface area contributed by atoms with Crippen LogP contribution in [0.25, 0.3) is 0 Å². The predicted molar refractivity (Wildman–Crippen MR) is 55.8 cm³/mol. The van der Waals surface area contributed by atoms with Crippen LogP contribution in [0.15, 0.2) is 0 Å². The minimum atomic E-state index is -3.50. The van der Waals surface area contributed by atoms with Gasteiger partial charge in [0.15, 0.2) is 0 Å². The molecule has 0 rings (SSSR count). The lowest BCUT2D eigenvalue weighted by Gasteiger charge is -2.39. The van der Waals surface area contributed by atoms with Crippen LogP contribution in [0.2, 0.25) is 0 Å². The highest BCUT2D eigenvalue weighted by atomic mass is 32.2. The molecule has 0 aliphatic carbocycles. The summed E-state index contributed by atoms with van der Waals surface area (Å²) in [4.78, 5) is 0. The minimum absolute atomic E-state index is 0.0174. The zero-order chi connectivity index (χ0) is 11.6. The van der Waals surface area contributed by atoms with E-state index in [9.17, 15) is 8.42 Å². The van der Waals surface area contributed by atoms with Crippen molar-refractivity contribution in [1.29, 1.82) is 0 Å². The van der Waals surface area contributed by atoms with E-state index in [1.54, 1.807) is 27.7 Å². The van der Waals surface area contributed by atoms with Crippen molar-refractivity contribution >= 4 is 18.0 Å². The van der Waals surface area contributed by atoms with Crippen LogP contribution in [0, 0.1) is 0 Å². The third-order valence-electron chi connectivity index (χ3n) is 2.25.